The van der Waals surface area contributed by atoms with E-state index in [1.807, 2.05) is 30.5 Å². The maximum atomic E-state index is 13.9. The van der Waals surface area contributed by atoms with Gasteiger partial charge in [-0.1, -0.05) is 36.4 Å². The predicted molar refractivity (Wildman–Crippen MR) is 124 cm³/mol. The van der Waals surface area contributed by atoms with E-state index < -0.39 is 5.72 Å². The Bertz CT molecular complexity index is 1220. The Kier molecular flexibility index (Phi) is 5.68. The summed E-state index contributed by atoms with van der Waals surface area (Å²) in [6.07, 6.45) is 4.36. The van der Waals surface area contributed by atoms with Crippen molar-refractivity contribution in [2.24, 2.45) is 0 Å². The minimum absolute atomic E-state index is 0.223. The molecule has 0 saturated carbocycles. The standard InChI is InChI=1S/C27H27FN2O2/c1-31-23-9-7-20-12-14-30-27(25(20)16-23,32-18-19-5-3-2-4-6-19)13-11-21-17-29-26-10-8-22(28)15-24(21)26/h2-10,15-17,29-30H,11-14,18H2,1H3. The van der Waals surface area contributed by atoms with Crippen molar-refractivity contribution in [3.63, 3.8) is 0 Å². The Balaban J connectivity index is 1.49. The van der Waals surface area contributed by atoms with E-state index >= 15 is 0 Å². The number of aryl methyl sites for hydroxylation is 1. The zero-order valence-corrected chi connectivity index (χ0v) is 18.2. The van der Waals surface area contributed by atoms with E-state index in [2.05, 4.69) is 34.6 Å². The van der Waals surface area contributed by atoms with Crippen molar-refractivity contribution in [1.29, 1.82) is 0 Å². The number of aromatic nitrogens is 1. The van der Waals surface area contributed by atoms with E-state index in [0.29, 0.717) is 13.0 Å². The summed E-state index contributed by atoms with van der Waals surface area (Å²) in [6, 6.07) is 21.3. The van der Waals surface area contributed by atoms with Crippen molar-refractivity contribution >= 4 is 10.9 Å². The second-order valence-corrected chi connectivity index (χ2v) is 8.30. The van der Waals surface area contributed by atoms with E-state index in [1.165, 1.54) is 11.6 Å². The molecule has 2 N–H and O–H groups in total. The van der Waals surface area contributed by atoms with Gasteiger partial charge in [-0.25, -0.2) is 4.39 Å². The van der Waals surface area contributed by atoms with Crippen molar-refractivity contribution in [2.75, 3.05) is 13.7 Å². The molecule has 1 aromatic heterocycles. The van der Waals surface area contributed by atoms with Crippen molar-refractivity contribution in [3.05, 3.63) is 101 Å². The molecule has 2 heterocycles. The zero-order chi connectivity index (χ0) is 22.0. The third-order valence-corrected chi connectivity index (χ3v) is 6.36. The summed E-state index contributed by atoms with van der Waals surface area (Å²) in [5.41, 5.74) is 4.87. The highest BCUT2D eigenvalue weighted by Crippen LogP contribution is 2.37. The smallest absolute Gasteiger partial charge is 0.146 e. The Morgan fingerprint density at radius 2 is 1.91 bits per heavy atom. The molecule has 1 aliphatic heterocycles. The van der Waals surface area contributed by atoms with Crippen LogP contribution in [0.15, 0.2) is 72.9 Å². The van der Waals surface area contributed by atoms with E-state index in [9.17, 15) is 4.39 Å². The third-order valence-electron chi connectivity index (χ3n) is 6.36. The molecule has 4 nitrogen and oxygen atoms in total. The number of aromatic amines is 1. The Hall–Kier alpha value is -3.15. The van der Waals surface area contributed by atoms with Gasteiger partial charge < -0.3 is 14.5 Å². The predicted octanol–water partition coefficient (Wildman–Crippen LogP) is 5.46. The average Bonchev–Trinajstić information content (AvgIpc) is 3.24. The molecule has 32 heavy (non-hydrogen) atoms. The minimum Gasteiger partial charge on any atom is -0.497 e. The quantitative estimate of drug-likeness (QED) is 0.409. The molecule has 0 amide bonds. The topological polar surface area (TPSA) is 46.3 Å². The summed E-state index contributed by atoms with van der Waals surface area (Å²) in [5, 5.41) is 4.59. The van der Waals surface area contributed by atoms with Crippen LogP contribution < -0.4 is 10.1 Å². The summed E-state index contributed by atoms with van der Waals surface area (Å²) in [6.45, 7) is 1.32. The highest BCUT2D eigenvalue weighted by molar-refractivity contribution is 5.83. The van der Waals surface area contributed by atoms with Crippen LogP contribution in [-0.2, 0) is 29.9 Å². The van der Waals surface area contributed by atoms with Gasteiger partial charge in [0.15, 0.2) is 0 Å². The van der Waals surface area contributed by atoms with Gasteiger partial charge in [0.25, 0.3) is 0 Å². The Morgan fingerprint density at radius 3 is 2.75 bits per heavy atom. The monoisotopic (exact) mass is 430 g/mol. The van der Waals surface area contributed by atoms with Crippen LogP contribution in [-0.4, -0.2) is 18.6 Å². The first-order chi connectivity index (χ1) is 15.7. The number of hydrogen-bond donors (Lipinski definition) is 2. The van der Waals surface area contributed by atoms with Gasteiger partial charge in [0.1, 0.15) is 17.3 Å². The first-order valence-electron chi connectivity index (χ1n) is 11.0. The highest BCUT2D eigenvalue weighted by Gasteiger charge is 2.37. The number of ether oxygens (including phenoxy) is 2. The van der Waals surface area contributed by atoms with Crippen LogP contribution in [0.5, 0.6) is 5.75 Å². The van der Waals surface area contributed by atoms with Crippen molar-refractivity contribution in [2.45, 2.75) is 31.6 Å². The van der Waals surface area contributed by atoms with Crippen LogP contribution in [0.1, 0.15) is 28.7 Å². The Morgan fingerprint density at radius 1 is 1.03 bits per heavy atom. The maximum absolute atomic E-state index is 13.9. The summed E-state index contributed by atoms with van der Waals surface area (Å²) in [7, 11) is 1.69. The fraction of sp³-hybridized carbons (Fsp3) is 0.259. The Labute approximate surface area is 187 Å². The van der Waals surface area contributed by atoms with Gasteiger partial charge in [-0.2, -0.15) is 0 Å². The van der Waals surface area contributed by atoms with E-state index in [4.69, 9.17) is 9.47 Å². The number of fused-ring (bicyclic) bond motifs is 2. The van der Waals surface area contributed by atoms with E-state index in [1.54, 1.807) is 19.2 Å². The fourth-order valence-electron chi connectivity index (χ4n) is 4.64. The number of nitrogens with one attached hydrogen (secondary N) is 2. The average molecular weight is 431 g/mol. The summed E-state index contributed by atoms with van der Waals surface area (Å²) in [5.74, 6) is 0.591. The molecule has 0 fully saturated rings. The molecule has 0 radical (unpaired) electrons. The number of methoxy groups -OCH3 is 1. The van der Waals surface area contributed by atoms with Crippen LogP contribution in [0, 0.1) is 5.82 Å². The maximum Gasteiger partial charge on any atom is 0.146 e. The molecule has 1 unspecified atom stereocenters. The number of H-pyrrole nitrogens is 1. The molecule has 0 spiro atoms. The zero-order valence-electron chi connectivity index (χ0n) is 18.2. The summed E-state index contributed by atoms with van der Waals surface area (Å²) in [4.78, 5) is 3.26. The molecule has 5 rings (SSSR count). The van der Waals surface area contributed by atoms with Crippen LogP contribution in [0.25, 0.3) is 10.9 Å². The fourth-order valence-corrected chi connectivity index (χ4v) is 4.64. The summed E-state index contributed by atoms with van der Waals surface area (Å²) < 4.78 is 26.1. The molecule has 0 aliphatic carbocycles. The molecule has 1 atom stereocenters. The van der Waals surface area contributed by atoms with Gasteiger partial charge >= 0.3 is 0 Å². The lowest BCUT2D eigenvalue weighted by atomic mass is 9.86. The molecular formula is C27H27FN2O2. The van der Waals surface area contributed by atoms with Crippen molar-refractivity contribution in [1.82, 2.24) is 10.3 Å². The van der Waals surface area contributed by atoms with Gasteiger partial charge in [-0.15, -0.1) is 0 Å². The van der Waals surface area contributed by atoms with Gasteiger partial charge in [-0.3, -0.25) is 5.32 Å². The highest BCUT2D eigenvalue weighted by atomic mass is 19.1. The first kappa shape index (κ1) is 20.7. The SMILES string of the molecule is COc1ccc2c(c1)C(CCc1c[nH]c3ccc(F)cc13)(OCc1ccccc1)NCC2. The van der Waals surface area contributed by atoms with Crippen molar-refractivity contribution < 1.29 is 13.9 Å². The summed E-state index contributed by atoms with van der Waals surface area (Å²) >= 11 is 0. The normalized spacial score (nSPS) is 17.9. The van der Waals surface area contributed by atoms with Gasteiger partial charge in [-0.05, 0) is 66.3 Å². The van der Waals surface area contributed by atoms with Crippen LogP contribution in [0.3, 0.4) is 0 Å². The lowest BCUT2D eigenvalue weighted by Gasteiger charge is -2.40. The molecule has 4 aromatic rings. The molecule has 1 aliphatic rings. The number of rotatable bonds is 7. The van der Waals surface area contributed by atoms with Crippen molar-refractivity contribution in [3.8, 4) is 5.75 Å². The molecule has 0 saturated heterocycles. The van der Waals surface area contributed by atoms with Gasteiger partial charge in [0.2, 0.25) is 0 Å². The molecule has 5 heteroatoms. The number of benzene rings is 3. The number of hydrogen-bond acceptors (Lipinski definition) is 3. The van der Waals surface area contributed by atoms with Crippen LogP contribution in [0.2, 0.25) is 0 Å². The largest absolute Gasteiger partial charge is 0.497 e. The van der Waals surface area contributed by atoms with E-state index in [-0.39, 0.29) is 5.82 Å². The number of halogens is 1. The van der Waals surface area contributed by atoms with Gasteiger partial charge in [0.05, 0.1) is 13.7 Å². The van der Waals surface area contributed by atoms with Crippen LogP contribution >= 0.6 is 0 Å². The van der Waals surface area contributed by atoms with E-state index in [0.717, 1.165) is 52.7 Å². The lowest BCUT2D eigenvalue weighted by molar-refractivity contribution is -0.0977. The third kappa shape index (κ3) is 4.01. The molecule has 3 aromatic carbocycles. The minimum atomic E-state index is -0.658. The second-order valence-electron chi connectivity index (χ2n) is 8.30. The molecule has 164 valence electrons. The molecule has 0 bridgehead atoms. The van der Waals surface area contributed by atoms with Crippen LogP contribution in [0.4, 0.5) is 4.39 Å². The van der Waals surface area contributed by atoms with Gasteiger partial charge in [0, 0.05) is 29.2 Å². The second kappa shape index (κ2) is 8.77. The molecular weight excluding hydrogens is 403 g/mol. The first-order valence-corrected chi connectivity index (χ1v) is 11.0. The lowest BCUT2D eigenvalue weighted by Crippen LogP contribution is -2.49.